The number of aromatic nitrogens is 1. The third kappa shape index (κ3) is 1.54. The minimum atomic E-state index is 0.106. The van der Waals surface area contributed by atoms with Crippen LogP contribution in [0.1, 0.15) is 0 Å². The lowest BCUT2D eigenvalue weighted by molar-refractivity contribution is 0.181. The van der Waals surface area contributed by atoms with Crippen LogP contribution in [0.5, 0.6) is 0 Å². The van der Waals surface area contributed by atoms with Crippen molar-refractivity contribution < 1.29 is 5.21 Å². The van der Waals surface area contributed by atoms with Crippen molar-refractivity contribution in [1.82, 2.24) is 4.73 Å². The minimum Gasteiger partial charge on any atom is -0.426 e. The summed E-state index contributed by atoms with van der Waals surface area (Å²) >= 11 is 6.92. The van der Waals surface area contributed by atoms with E-state index in [0.717, 1.165) is 10.3 Å². The number of hydrogen-bond acceptors (Lipinski definition) is 3. The number of thiazole rings is 1. The van der Waals surface area contributed by atoms with E-state index in [4.69, 9.17) is 17.0 Å². The molecule has 0 saturated heterocycles. The van der Waals surface area contributed by atoms with Crippen LogP contribution in [0, 0.1) is 5.41 Å². The average Bonchev–Trinajstić information content (AvgIpc) is 2.50. The average molecular weight is 227 g/mol. The van der Waals surface area contributed by atoms with Crippen molar-refractivity contribution in [3.63, 3.8) is 0 Å². The maximum atomic E-state index is 9.47. The molecule has 5 heteroatoms. The number of halogens is 1. The third-order valence-corrected chi connectivity index (χ3v) is 2.83. The summed E-state index contributed by atoms with van der Waals surface area (Å²) in [5.74, 6) is 0. The molecule has 2 rings (SSSR count). The number of nitrogens with one attached hydrogen (secondary N) is 1. The van der Waals surface area contributed by atoms with Crippen molar-refractivity contribution in [3.8, 4) is 11.3 Å². The van der Waals surface area contributed by atoms with E-state index in [1.54, 1.807) is 29.6 Å². The molecule has 0 unspecified atom stereocenters. The molecule has 0 spiro atoms. The fourth-order valence-corrected chi connectivity index (χ4v) is 1.92. The van der Waals surface area contributed by atoms with Gasteiger partial charge in [0.1, 0.15) is 5.69 Å². The Morgan fingerprint density at radius 3 is 2.43 bits per heavy atom. The molecule has 3 nitrogen and oxygen atoms in total. The summed E-state index contributed by atoms with van der Waals surface area (Å²) in [6.07, 6.45) is 0. The maximum Gasteiger partial charge on any atom is 0.216 e. The summed E-state index contributed by atoms with van der Waals surface area (Å²) in [6.45, 7) is 0. The van der Waals surface area contributed by atoms with Gasteiger partial charge in [0.25, 0.3) is 0 Å². The number of nitrogens with zero attached hydrogens (tertiary/aromatic N) is 1. The second-order valence-corrected chi connectivity index (χ2v) is 4.04. The molecular weight excluding hydrogens is 220 g/mol. The molecule has 2 aromatic rings. The molecule has 0 bridgehead atoms. The first-order chi connectivity index (χ1) is 6.68. The first-order valence-electron chi connectivity index (χ1n) is 3.89. The van der Waals surface area contributed by atoms with Crippen LogP contribution in [-0.4, -0.2) is 9.94 Å². The Hall–Kier alpha value is -1.26. The van der Waals surface area contributed by atoms with Crippen molar-refractivity contribution >= 4 is 22.9 Å². The van der Waals surface area contributed by atoms with Gasteiger partial charge in [-0.05, 0) is 12.1 Å². The normalized spacial score (nSPS) is 10.4. The Morgan fingerprint density at radius 1 is 1.29 bits per heavy atom. The molecule has 0 aliphatic carbocycles. The first-order valence-corrected chi connectivity index (χ1v) is 5.14. The molecule has 0 saturated carbocycles. The van der Waals surface area contributed by atoms with E-state index >= 15 is 0 Å². The summed E-state index contributed by atoms with van der Waals surface area (Å²) in [4.78, 5) is 0.106. The van der Waals surface area contributed by atoms with Crippen LogP contribution < -0.4 is 4.80 Å². The Labute approximate surface area is 89.3 Å². The Morgan fingerprint density at radius 2 is 1.93 bits per heavy atom. The van der Waals surface area contributed by atoms with Crippen LogP contribution >= 0.6 is 22.9 Å². The van der Waals surface area contributed by atoms with Crippen LogP contribution in [0.15, 0.2) is 29.6 Å². The Balaban J connectivity index is 2.55. The van der Waals surface area contributed by atoms with Gasteiger partial charge < -0.3 is 5.21 Å². The molecule has 0 radical (unpaired) electrons. The van der Waals surface area contributed by atoms with Gasteiger partial charge in [-0.3, -0.25) is 5.41 Å². The summed E-state index contributed by atoms with van der Waals surface area (Å²) in [7, 11) is 0. The highest BCUT2D eigenvalue weighted by atomic mass is 35.5. The van der Waals surface area contributed by atoms with Crippen molar-refractivity contribution in [2.75, 3.05) is 0 Å². The predicted molar refractivity (Wildman–Crippen MR) is 55.8 cm³/mol. The van der Waals surface area contributed by atoms with Crippen LogP contribution in [-0.2, 0) is 0 Å². The van der Waals surface area contributed by atoms with Crippen LogP contribution in [0.2, 0.25) is 5.02 Å². The summed E-state index contributed by atoms with van der Waals surface area (Å²) in [5.41, 5.74) is 1.45. The van der Waals surface area contributed by atoms with Crippen LogP contribution in [0.3, 0.4) is 0 Å². The highest BCUT2D eigenvalue weighted by molar-refractivity contribution is 7.07. The van der Waals surface area contributed by atoms with Gasteiger partial charge in [0.05, 0.1) is 0 Å². The van der Waals surface area contributed by atoms with E-state index in [2.05, 4.69) is 0 Å². The van der Waals surface area contributed by atoms with Crippen LogP contribution in [0.4, 0.5) is 0 Å². The van der Waals surface area contributed by atoms with Gasteiger partial charge in [-0.2, -0.15) is 4.73 Å². The third-order valence-electron chi connectivity index (χ3n) is 1.84. The Bertz CT molecular complexity index is 500. The van der Waals surface area contributed by atoms with E-state index in [1.165, 1.54) is 11.3 Å². The number of benzene rings is 1. The highest BCUT2D eigenvalue weighted by Gasteiger charge is 2.05. The molecule has 1 heterocycles. The van der Waals surface area contributed by atoms with Gasteiger partial charge in [-0.1, -0.05) is 23.7 Å². The molecule has 72 valence electrons. The fourth-order valence-electron chi connectivity index (χ4n) is 1.13. The fraction of sp³-hybridized carbons (Fsp3) is 0. The molecule has 1 aromatic carbocycles. The smallest absolute Gasteiger partial charge is 0.216 e. The standard InChI is InChI=1S/C9H7ClN2OS/c10-7-3-1-6(2-4-7)8-5-14-9(11)12(8)13/h1-5,11,13H. The van der Waals surface area contributed by atoms with Gasteiger partial charge in [0.15, 0.2) is 0 Å². The monoisotopic (exact) mass is 226 g/mol. The molecular formula is C9H7ClN2OS. The second-order valence-electron chi connectivity index (χ2n) is 2.74. The van der Waals surface area contributed by atoms with Gasteiger partial charge in [0.2, 0.25) is 4.80 Å². The lowest BCUT2D eigenvalue weighted by Gasteiger charge is -2.00. The van der Waals surface area contributed by atoms with E-state index in [0.29, 0.717) is 10.7 Å². The van der Waals surface area contributed by atoms with Gasteiger partial charge in [0, 0.05) is 16.0 Å². The zero-order valence-electron chi connectivity index (χ0n) is 7.07. The van der Waals surface area contributed by atoms with Crippen molar-refractivity contribution in [2.24, 2.45) is 0 Å². The zero-order chi connectivity index (χ0) is 10.1. The second kappa shape index (κ2) is 3.48. The van der Waals surface area contributed by atoms with Gasteiger partial charge in [-0.25, -0.2) is 0 Å². The molecule has 2 N–H and O–H groups in total. The molecule has 0 aliphatic rings. The molecule has 1 aromatic heterocycles. The van der Waals surface area contributed by atoms with Crippen LogP contribution in [0.25, 0.3) is 11.3 Å². The van der Waals surface area contributed by atoms with Gasteiger partial charge >= 0.3 is 0 Å². The van der Waals surface area contributed by atoms with Gasteiger partial charge in [-0.15, -0.1) is 11.3 Å². The molecule has 0 amide bonds. The van der Waals surface area contributed by atoms with E-state index in [9.17, 15) is 5.21 Å². The number of rotatable bonds is 1. The summed E-state index contributed by atoms with van der Waals surface area (Å²) in [5, 5.41) is 19.2. The minimum absolute atomic E-state index is 0.106. The Kier molecular flexibility index (Phi) is 2.31. The van der Waals surface area contributed by atoms with E-state index in [1.807, 2.05) is 0 Å². The van der Waals surface area contributed by atoms with Crippen molar-refractivity contribution in [1.29, 1.82) is 5.41 Å². The topological polar surface area (TPSA) is 49.0 Å². The maximum absolute atomic E-state index is 9.47. The van der Waals surface area contributed by atoms with E-state index < -0.39 is 0 Å². The number of hydrogen-bond donors (Lipinski definition) is 2. The molecule has 0 fully saturated rings. The quantitative estimate of drug-likeness (QED) is 0.722. The molecule has 0 aliphatic heterocycles. The first kappa shape index (κ1) is 9.30. The van der Waals surface area contributed by atoms with Crippen molar-refractivity contribution in [3.05, 3.63) is 39.5 Å². The SMILES string of the molecule is N=c1scc(-c2ccc(Cl)cc2)n1O. The molecule has 0 atom stereocenters. The summed E-state index contributed by atoms with van der Waals surface area (Å²) < 4.78 is 0.855. The summed E-state index contributed by atoms with van der Waals surface area (Å²) in [6, 6.07) is 7.10. The lowest BCUT2D eigenvalue weighted by Crippen LogP contribution is -2.10. The molecule has 14 heavy (non-hydrogen) atoms. The zero-order valence-corrected chi connectivity index (χ0v) is 8.64. The van der Waals surface area contributed by atoms with Crippen molar-refractivity contribution in [2.45, 2.75) is 0 Å². The highest BCUT2D eigenvalue weighted by Crippen LogP contribution is 2.20. The predicted octanol–water partition coefficient (Wildman–Crippen LogP) is 2.59. The lowest BCUT2D eigenvalue weighted by atomic mass is 10.2. The largest absolute Gasteiger partial charge is 0.426 e. The van der Waals surface area contributed by atoms with E-state index in [-0.39, 0.29) is 4.80 Å².